The summed E-state index contributed by atoms with van der Waals surface area (Å²) in [5.74, 6) is 0. The summed E-state index contributed by atoms with van der Waals surface area (Å²) in [6.07, 6.45) is 4.41. The van der Waals surface area contributed by atoms with E-state index in [9.17, 15) is 5.26 Å². The van der Waals surface area contributed by atoms with Gasteiger partial charge in [0.1, 0.15) is 0 Å². The molecular weight excluding hydrogens is 234 g/mol. The van der Waals surface area contributed by atoms with Gasteiger partial charge in [-0.2, -0.15) is 5.26 Å². The molecule has 0 atom stereocenters. The lowest BCUT2D eigenvalue weighted by molar-refractivity contribution is 0.555. The quantitative estimate of drug-likeness (QED) is 0.882. The van der Waals surface area contributed by atoms with Gasteiger partial charge in [0.15, 0.2) is 0 Å². The molecule has 0 radical (unpaired) electrons. The maximum atomic E-state index is 9.71. The first-order valence-electron chi connectivity index (χ1n) is 7.32. The van der Waals surface area contributed by atoms with Crippen molar-refractivity contribution in [3.8, 4) is 6.07 Å². The van der Waals surface area contributed by atoms with Gasteiger partial charge in [0, 0.05) is 31.9 Å². The molecule has 3 heteroatoms. The molecule has 1 N–H and O–H groups in total. The molecule has 1 aliphatic carbocycles. The summed E-state index contributed by atoms with van der Waals surface area (Å²) in [6.45, 7) is 4.15. The zero-order chi connectivity index (χ0) is 13.1. The van der Waals surface area contributed by atoms with Gasteiger partial charge in [0.05, 0.1) is 11.5 Å². The molecular formula is C16H21N3. The molecule has 1 saturated carbocycles. The van der Waals surface area contributed by atoms with Crippen LogP contribution in [-0.2, 0) is 5.41 Å². The van der Waals surface area contributed by atoms with Gasteiger partial charge in [-0.25, -0.2) is 0 Å². The second-order valence-electron chi connectivity index (χ2n) is 5.66. The fourth-order valence-electron chi connectivity index (χ4n) is 3.48. The third kappa shape index (κ3) is 2.21. The molecule has 0 spiro atoms. The summed E-state index contributed by atoms with van der Waals surface area (Å²) in [6, 6.07) is 11.2. The minimum Gasteiger partial charge on any atom is -0.369 e. The van der Waals surface area contributed by atoms with Crippen molar-refractivity contribution in [1.82, 2.24) is 5.32 Å². The number of nitrogens with one attached hydrogen (secondary N) is 1. The molecule has 2 aliphatic rings. The summed E-state index contributed by atoms with van der Waals surface area (Å²) in [4.78, 5) is 2.43. The summed E-state index contributed by atoms with van der Waals surface area (Å²) >= 11 is 0. The van der Waals surface area contributed by atoms with Crippen molar-refractivity contribution >= 4 is 5.69 Å². The zero-order valence-electron chi connectivity index (χ0n) is 11.4. The number of benzene rings is 1. The zero-order valence-corrected chi connectivity index (χ0v) is 11.4. The number of hydrogen-bond acceptors (Lipinski definition) is 3. The predicted molar refractivity (Wildman–Crippen MR) is 77.3 cm³/mol. The van der Waals surface area contributed by atoms with E-state index < -0.39 is 0 Å². The van der Waals surface area contributed by atoms with E-state index in [0.29, 0.717) is 0 Å². The minimum absolute atomic E-state index is 0.235. The first kappa shape index (κ1) is 12.5. The van der Waals surface area contributed by atoms with Crippen LogP contribution in [0.25, 0.3) is 0 Å². The monoisotopic (exact) mass is 255 g/mol. The summed E-state index contributed by atoms with van der Waals surface area (Å²) < 4.78 is 0. The Kier molecular flexibility index (Phi) is 3.44. The molecule has 3 rings (SSSR count). The number of piperazine rings is 1. The Hall–Kier alpha value is -1.53. The molecule has 2 fully saturated rings. The molecule has 3 nitrogen and oxygen atoms in total. The highest BCUT2D eigenvalue weighted by atomic mass is 15.2. The Morgan fingerprint density at radius 2 is 1.79 bits per heavy atom. The van der Waals surface area contributed by atoms with E-state index in [1.165, 1.54) is 24.1 Å². The largest absolute Gasteiger partial charge is 0.369 e. The minimum atomic E-state index is -0.235. The Morgan fingerprint density at radius 3 is 2.47 bits per heavy atom. The van der Waals surface area contributed by atoms with Gasteiger partial charge in [0.2, 0.25) is 0 Å². The normalized spacial score (nSPS) is 22.2. The Bertz CT molecular complexity index is 477. The fraction of sp³-hybridized carbons (Fsp3) is 0.562. The Labute approximate surface area is 115 Å². The number of nitriles is 1. The van der Waals surface area contributed by atoms with Crippen molar-refractivity contribution < 1.29 is 0 Å². The van der Waals surface area contributed by atoms with Crippen LogP contribution in [0.5, 0.6) is 0 Å². The third-order valence-electron chi connectivity index (χ3n) is 4.55. The van der Waals surface area contributed by atoms with Crippen molar-refractivity contribution in [2.24, 2.45) is 0 Å². The van der Waals surface area contributed by atoms with E-state index in [1.807, 2.05) is 0 Å². The molecule has 1 aromatic carbocycles. The summed E-state index contributed by atoms with van der Waals surface area (Å²) in [5, 5.41) is 13.1. The lowest BCUT2D eigenvalue weighted by Crippen LogP contribution is -2.44. The lowest BCUT2D eigenvalue weighted by Gasteiger charge is -2.34. The highest BCUT2D eigenvalue weighted by molar-refractivity contribution is 5.59. The van der Waals surface area contributed by atoms with Gasteiger partial charge in [-0.1, -0.05) is 31.0 Å². The summed E-state index contributed by atoms with van der Waals surface area (Å²) in [7, 11) is 0. The fourth-order valence-corrected chi connectivity index (χ4v) is 3.48. The number of hydrogen-bond donors (Lipinski definition) is 1. The number of para-hydroxylation sites is 1. The van der Waals surface area contributed by atoms with Gasteiger partial charge in [0.25, 0.3) is 0 Å². The van der Waals surface area contributed by atoms with Gasteiger partial charge in [-0.05, 0) is 24.5 Å². The smallest absolute Gasteiger partial charge is 0.0842 e. The van der Waals surface area contributed by atoms with Crippen LogP contribution >= 0.6 is 0 Å². The van der Waals surface area contributed by atoms with Crippen LogP contribution in [-0.4, -0.2) is 26.2 Å². The van der Waals surface area contributed by atoms with Crippen LogP contribution in [0.3, 0.4) is 0 Å². The van der Waals surface area contributed by atoms with Gasteiger partial charge < -0.3 is 10.2 Å². The van der Waals surface area contributed by atoms with Crippen LogP contribution in [0.2, 0.25) is 0 Å². The van der Waals surface area contributed by atoms with Crippen molar-refractivity contribution in [2.75, 3.05) is 31.1 Å². The maximum Gasteiger partial charge on any atom is 0.0842 e. The Balaban J connectivity index is 1.99. The van der Waals surface area contributed by atoms with Gasteiger partial charge in [-0.15, -0.1) is 0 Å². The van der Waals surface area contributed by atoms with Crippen molar-refractivity contribution in [3.05, 3.63) is 29.8 Å². The van der Waals surface area contributed by atoms with Crippen LogP contribution in [0, 0.1) is 11.3 Å². The van der Waals surface area contributed by atoms with Crippen LogP contribution in [0.4, 0.5) is 5.69 Å². The maximum absolute atomic E-state index is 9.71. The second kappa shape index (κ2) is 5.22. The first-order valence-corrected chi connectivity index (χ1v) is 7.32. The van der Waals surface area contributed by atoms with Crippen LogP contribution in [0.1, 0.15) is 31.2 Å². The average molecular weight is 255 g/mol. The highest BCUT2D eigenvalue weighted by Gasteiger charge is 2.38. The molecule has 100 valence electrons. The molecule has 19 heavy (non-hydrogen) atoms. The second-order valence-corrected chi connectivity index (χ2v) is 5.66. The molecule has 0 amide bonds. The topological polar surface area (TPSA) is 39.1 Å². The third-order valence-corrected chi connectivity index (χ3v) is 4.55. The number of nitrogens with zero attached hydrogens (tertiary/aromatic N) is 2. The lowest BCUT2D eigenvalue weighted by atomic mass is 9.79. The van der Waals surface area contributed by atoms with Crippen molar-refractivity contribution in [3.63, 3.8) is 0 Å². The van der Waals surface area contributed by atoms with Crippen LogP contribution < -0.4 is 10.2 Å². The molecule has 0 unspecified atom stereocenters. The molecule has 0 bridgehead atoms. The van der Waals surface area contributed by atoms with Gasteiger partial charge >= 0.3 is 0 Å². The van der Waals surface area contributed by atoms with Gasteiger partial charge in [-0.3, -0.25) is 0 Å². The molecule has 1 saturated heterocycles. The molecule has 0 aromatic heterocycles. The SMILES string of the molecule is N#CC1(c2ccccc2N2CCNCC2)CCCC1. The standard InChI is InChI=1S/C16H21N3/c17-13-16(7-3-4-8-16)14-5-1-2-6-15(14)19-11-9-18-10-12-19/h1-2,5-6,18H,3-4,7-12H2. The first-order chi connectivity index (χ1) is 9.36. The Morgan fingerprint density at radius 1 is 1.11 bits per heavy atom. The molecule has 1 aliphatic heterocycles. The van der Waals surface area contributed by atoms with E-state index in [4.69, 9.17) is 0 Å². The molecule has 1 aromatic rings. The molecule has 1 heterocycles. The van der Waals surface area contributed by atoms with Crippen molar-refractivity contribution in [1.29, 1.82) is 5.26 Å². The van der Waals surface area contributed by atoms with E-state index in [-0.39, 0.29) is 5.41 Å². The van der Waals surface area contributed by atoms with E-state index in [0.717, 1.165) is 39.0 Å². The van der Waals surface area contributed by atoms with Crippen molar-refractivity contribution in [2.45, 2.75) is 31.1 Å². The summed E-state index contributed by atoms with van der Waals surface area (Å²) in [5.41, 5.74) is 2.31. The predicted octanol–water partition coefficient (Wildman–Crippen LogP) is 2.43. The van der Waals surface area contributed by atoms with Crippen LogP contribution in [0.15, 0.2) is 24.3 Å². The van der Waals surface area contributed by atoms with E-state index in [1.54, 1.807) is 0 Å². The number of rotatable bonds is 2. The van der Waals surface area contributed by atoms with E-state index in [2.05, 4.69) is 40.6 Å². The highest BCUT2D eigenvalue weighted by Crippen LogP contribution is 2.44. The average Bonchev–Trinajstić information content (AvgIpc) is 2.98. The number of anilines is 1. The van der Waals surface area contributed by atoms with E-state index >= 15 is 0 Å².